The summed E-state index contributed by atoms with van der Waals surface area (Å²) in [4.78, 5) is 2.16. The van der Waals surface area contributed by atoms with E-state index in [1.54, 1.807) is 0 Å². The fraction of sp³-hybridized carbons (Fsp3) is 0.385. The third-order valence-electron chi connectivity index (χ3n) is 2.63. The SMILES string of the molecule is O[C@H]1CCN(CC#Cc2ccc(Cl)cc2)C1. The van der Waals surface area contributed by atoms with Crippen LogP contribution in [0.1, 0.15) is 12.0 Å². The molecule has 1 saturated heterocycles. The summed E-state index contributed by atoms with van der Waals surface area (Å²) >= 11 is 5.78. The van der Waals surface area contributed by atoms with Gasteiger partial charge >= 0.3 is 0 Å². The van der Waals surface area contributed by atoms with E-state index >= 15 is 0 Å². The van der Waals surface area contributed by atoms with E-state index in [-0.39, 0.29) is 6.10 Å². The van der Waals surface area contributed by atoms with Crippen molar-refractivity contribution in [2.45, 2.75) is 12.5 Å². The van der Waals surface area contributed by atoms with Crippen LogP contribution in [0.2, 0.25) is 5.02 Å². The van der Waals surface area contributed by atoms with Crippen LogP contribution in [0, 0.1) is 11.8 Å². The zero-order valence-corrected chi connectivity index (χ0v) is 9.74. The monoisotopic (exact) mass is 235 g/mol. The summed E-state index contributed by atoms with van der Waals surface area (Å²) in [5.74, 6) is 6.19. The minimum absolute atomic E-state index is 0.169. The highest BCUT2D eigenvalue weighted by Crippen LogP contribution is 2.09. The van der Waals surface area contributed by atoms with E-state index in [1.807, 2.05) is 24.3 Å². The Morgan fingerprint density at radius 1 is 1.38 bits per heavy atom. The molecule has 0 bridgehead atoms. The predicted molar refractivity (Wildman–Crippen MR) is 65.4 cm³/mol. The molecule has 0 radical (unpaired) electrons. The smallest absolute Gasteiger partial charge is 0.0679 e. The van der Waals surface area contributed by atoms with E-state index in [9.17, 15) is 5.11 Å². The van der Waals surface area contributed by atoms with Crippen molar-refractivity contribution in [1.82, 2.24) is 4.90 Å². The molecule has 1 atom stereocenters. The van der Waals surface area contributed by atoms with Gasteiger partial charge in [-0.05, 0) is 30.7 Å². The molecule has 1 N–H and O–H groups in total. The van der Waals surface area contributed by atoms with Crippen molar-refractivity contribution in [2.24, 2.45) is 0 Å². The van der Waals surface area contributed by atoms with E-state index in [0.717, 1.165) is 36.6 Å². The third kappa shape index (κ3) is 3.24. The zero-order chi connectivity index (χ0) is 11.4. The first-order valence-electron chi connectivity index (χ1n) is 5.39. The molecular weight excluding hydrogens is 222 g/mol. The second-order valence-corrected chi connectivity index (χ2v) is 4.42. The normalized spacial score (nSPS) is 20.5. The first kappa shape index (κ1) is 11.5. The van der Waals surface area contributed by atoms with Gasteiger partial charge in [0, 0.05) is 23.7 Å². The lowest BCUT2D eigenvalue weighted by molar-refractivity contribution is 0.180. The van der Waals surface area contributed by atoms with Gasteiger partial charge in [0.05, 0.1) is 12.6 Å². The van der Waals surface area contributed by atoms with Crippen molar-refractivity contribution in [3.05, 3.63) is 34.9 Å². The molecule has 1 fully saturated rings. The Bertz CT molecular complexity index is 404. The number of aliphatic hydroxyl groups excluding tert-OH is 1. The highest BCUT2D eigenvalue weighted by molar-refractivity contribution is 6.30. The van der Waals surface area contributed by atoms with Crippen molar-refractivity contribution in [2.75, 3.05) is 19.6 Å². The third-order valence-corrected chi connectivity index (χ3v) is 2.88. The van der Waals surface area contributed by atoms with Crippen LogP contribution in [0.4, 0.5) is 0 Å². The first-order valence-corrected chi connectivity index (χ1v) is 5.77. The minimum Gasteiger partial charge on any atom is -0.392 e. The van der Waals surface area contributed by atoms with Gasteiger partial charge in [0.25, 0.3) is 0 Å². The van der Waals surface area contributed by atoms with Crippen molar-refractivity contribution < 1.29 is 5.11 Å². The standard InChI is InChI=1S/C13H14ClNO/c14-12-5-3-11(4-6-12)2-1-8-15-9-7-13(16)10-15/h3-6,13,16H,7-10H2/t13-/m0/s1. The number of hydrogen-bond donors (Lipinski definition) is 1. The number of aliphatic hydroxyl groups is 1. The molecule has 1 aromatic rings. The topological polar surface area (TPSA) is 23.5 Å². The van der Waals surface area contributed by atoms with E-state index < -0.39 is 0 Å². The molecular formula is C13H14ClNO. The van der Waals surface area contributed by atoms with Gasteiger partial charge < -0.3 is 5.11 Å². The number of benzene rings is 1. The van der Waals surface area contributed by atoms with Crippen molar-refractivity contribution in [3.8, 4) is 11.8 Å². The van der Waals surface area contributed by atoms with Crippen molar-refractivity contribution in [3.63, 3.8) is 0 Å². The van der Waals surface area contributed by atoms with E-state index in [1.165, 1.54) is 0 Å². The van der Waals surface area contributed by atoms with Crippen LogP contribution in [0.3, 0.4) is 0 Å². The van der Waals surface area contributed by atoms with Crippen LogP contribution >= 0.6 is 11.6 Å². The fourth-order valence-corrected chi connectivity index (χ4v) is 1.87. The van der Waals surface area contributed by atoms with Crippen LogP contribution < -0.4 is 0 Å². The van der Waals surface area contributed by atoms with Crippen LogP contribution in [-0.4, -0.2) is 35.7 Å². The summed E-state index contributed by atoms with van der Waals surface area (Å²) < 4.78 is 0. The maximum atomic E-state index is 9.34. The van der Waals surface area contributed by atoms with Gasteiger partial charge in [-0.15, -0.1) is 0 Å². The minimum atomic E-state index is -0.169. The maximum Gasteiger partial charge on any atom is 0.0679 e. The van der Waals surface area contributed by atoms with Gasteiger partial charge in [0.15, 0.2) is 0 Å². The van der Waals surface area contributed by atoms with Crippen LogP contribution in [0.25, 0.3) is 0 Å². The molecule has 1 aliphatic heterocycles. The van der Waals surface area contributed by atoms with Gasteiger partial charge in [0.2, 0.25) is 0 Å². The highest BCUT2D eigenvalue weighted by Gasteiger charge is 2.18. The first-order chi connectivity index (χ1) is 7.74. The number of halogens is 1. The van der Waals surface area contributed by atoms with E-state index in [2.05, 4.69) is 16.7 Å². The van der Waals surface area contributed by atoms with Crippen LogP contribution in [0.15, 0.2) is 24.3 Å². The molecule has 0 amide bonds. The Morgan fingerprint density at radius 3 is 2.75 bits per heavy atom. The molecule has 2 nitrogen and oxygen atoms in total. The van der Waals surface area contributed by atoms with Crippen molar-refractivity contribution in [1.29, 1.82) is 0 Å². The summed E-state index contributed by atoms with van der Waals surface area (Å²) in [5, 5.41) is 10.1. The average molecular weight is 236 g/mol. The van der Waals surface area contributed by atoms with Gasteiger partial charge in [-0.3, -0.25) is 4.90 Å². The molecule has 2 rings (SSSR count). The molecule has 1 aromatic carbocycles. The second-order valence-electron chi connectivity index (χ2n) is 3.99. The van der Waals surface area contributed by atoms with Gasteiger partial charge in [-0.2, -0.15) is 0 Å². The maximum absolute atomic E-state index is 9.34. The Morgan fingerprint density at radius 2 is 2.12 bits per heavy atom. The van der Waals surface area contributed by atoms with E-state index in [0.29, 0.717) is 0 Å². The Labute approximate surface area is 101 Å². The lowest BCUT2D eigenvalue weighted by Gasteiger charge is -2.09. The Balaban J connectivity index is 1.88. The fourth-order valence-electron chi connectivity index (χ4n) is 1.74. The van der Waals surface area contributed by atoms with Crippen LogP contribution in [0.5, 0.6) is 0 Å². The average Bonchev–Trinajstić information content (AvgIpc) is 2.67. The van der Waals surface area contributed by atoms with Crippen molar-refractivity contribution >= 4 is 11.6 Å². The highest BCUT2D eigenvalue weighted by atomic mass is 35.5. The van der Waals surface area contributed by atoms with Crippen LogP contribution in [-0.2, 0) is 0 Å². The largest absolute Gasteiger partial charge is 0.392 e. The molecule has 0 aromatic heterocycles. The number of hydrogen-bond acceptors (Lipinski definition) is 2. The number of β-amino-alcohol motifs (C(OH)–C–C–N with tert-alkyl or cyclic N) is 1. The molecule has 1 heterocycles. The quantitative estimate of drug-likeness (QED) is 0.750. The summed E-state index contributed by atoms with van der Waals surface area (Å²) in [6.07, 6.45) is 0.695. The summed E-state index contributed by atoms with van der Waals surface area (Å²) in [7, 11) is 0. The molecule has 0 unspecified atom stereocenters. The predicted octanol–water partition coefficient (Wildman–Crippen LogP) is 1.76. The molecule has 3 heteroatoms. The van der Waals surface area contributed by atoms with E-state index in [4.69, 9.17) is 11.6 Å². The zero-order valence-electron chi connectivity index (χ0n) is 8.99. The summed E-state index contributed by atoms with van der Waals surface area (Å²) in [5.41, 5.74) is 0.976. The number of nitrogens with zero attached hydrogens (tertiary/aromatic N) is 1. The number of rotatable bonds is 1. The second kappa shape index (κ2) is 5.36. The van der Waals surface area contributed by atoms with Gasteiger partial charge in [-0.25, -0.2) is 0 Å². The molecule has 0 saturated carbocycles. The van der Waals surface area contributed by atoms with Gasteiger partial charge in [-0.1, -0.05) is 23.4 Å². The lowest BCUT2D eigenvalue weighted by atomic mass is 10.2. The molecule has 1 aliphatic rings. The molecule has 0 spiro atoms. The lowest BCUT2D eigenvalue weighted by Crippen LogP contribution is -2.22. The number of likely N-dealkylation sites (tertiary alicyclic amines) is 1. The van der Waals surface area contributed by atoms with Gasteiger partial charge in [0.1, 0.15) is 0 Å². The molecule has 0 aliphatic carbocycles. The molecule has 16 heavy (non-hydrogen) atoms. The Hall–Kier alpha value is -1.01. The summed E-state index contributed by atoms with van der Waals surface area (Å²) in [6.45, 7) is 2.41. The molecule has 84 valence electrons. The Kier molecular flexibility index (Phi) is 3.84. The summed E-state index contributed by atoms with van der Waals surface area (Å²) in [6, 6.07) is 7.50.